The number of aliphatic hydroxyl groups is 1. The maximum absolute atomic E-state index is 13.8. The quantitative estimate of drug-likeness (QED) is 0.805. The van der Waals surface area contributed by atoms with E-state index in [2.05, 4.69) is 15.9 Å². The first-order chi connectivity index (χ1) is 8.91. The Morgan fingerprint density at radius 2 is 1.89 bits per heavy atom. The molecule has 0 aliphatic heterocycles. The number of benzene rings is 2. The Morgan fingerprint density at radius 3 is 2.58 bits per heavy atom. The van der Waals surface area contributed by atoms with Gasteiger partial charge in [-0.1, -0.05) is 11.6 Å². The summed E-state index contributed by atoms with van der Waals surface area (Å²) in [6.45, 7) is 0. The average molecular weight is 349 g/mol. The molecule has 0 aromatic heterocycles. The molecular weight excluding hydrogens is 340 g/mol. The molecule has 0 fully saturated rings. The van der Waals surface area contributed by atoms with Crippen LogP contribution >= 0.6 is 27.5 Å². The van der Waals surface area contributed by atoms with E-state index >= 15 is 0 Å². The van der Waals surface area contributed by atoms with Crippen LogP contribution in [0.4, 0.5) is 14.5 Å². The van der Waals surface area contributed by atoms with Gasteiger partial charge in [0.2, 0.25) is 0 Å². The van der Waals surface area contributed by atoms with Gasteiger partial charge in [-0.2, -0.15) is 0 Å². The third-order valence-corrected chi connectivity index (χ3v) is 3.74. The highest BCUT2D eigenvalue weighted by Gasteiger charge is 2.22. The highest BCUT2D eigenvalue weighted by Crippen LogP contribution is 2.36. The van der Waals surface area contributed by atoms with Crippen LogP contribution in [0.15, 0.2) is 34.8 Å². The van der Waals surface area contributed by atoms with Gasteiger partial charge in [-0.05, 0) is 46.3 Å². The van der Waals surface area contributed by atoms with Gasteiger partial charge in [0.25, 0.3) is 0 Å². The third kappa shape index (κ3) is 2.73. The van der Waals surface area contributed by atoms with Crippen molar-refractivity contribution in [3.8, 4) is 0 Å². The molecule has 1 unspecified atom stereocenters. The maximum atomic E-state index is 13.8. The van der Waals surface area contributed by atoms with E-state index in [1.54, 1.807) is 0 Å². The van der Waals surface area contributed by atoms with Gasteiger partial charge in [-0.15, -0.1) is 0 Å². The van der Waals surface area contributed by atoms with Gasteiger partial charge in [0.1, 0.15) is 17.7 Å². The van der Waals surface area contributed by atoms with Crippen LogP contribution in [0.2, 0.25) is 5.02 Å². The molecule has 0 radical (unpaired) electrons. The predicted octanol–water partition coefficient (Wildman–Crippen LogP) is 4.04. The number of nitrogen functional groups attached to an aromatic ring is 1. The first kappa shape index (κ1) is 14.2. The molecule has 6 heteroatoms. The molecule has 0 saturated carbocycles. The molecular formula is C13H9BrClF2NO. The molecule has 0 heterocycles. The van der Waals surface area contributed by atoms with Crippen molar-refractivity contribution in [3.63, 3.8) is 0 Å². The summed E-state index contributed by atoms with van der Waals surface area (Å²) in [4.78, 5) is 0. The summed E-state index contributed by atoms with van der Waals surface area (Å²) in [5.74, 6) is -1.26. The lowest BCUT2D eigenvalue weighted by Gasteiger charge is -2.17. The first-order valence-corrected chi connectivity index (χ1v) is 6.45. The predicted molar refractivity (Wildman–Crippen MR) is 74.0 cm³/mol. The van der Waals surface area contributed by atoms with Crippen LogP contribution in [-0.2, 0) is 0 Å². The zero-order chi connectivity index (χ0) is 14.2. The molecule has 0 saturated heterocycles. The molecule has 0 spiro atoms. The van der Waals surface area contributed by atoms with E-state index in [0.29, 0.717) is 4.47 Å². The van der Waals surface area contributed by atoms with Crippen molar-refractivity contribution in [2.75, 3.05) is 5.73 Å². The molecule has 2 aromatic carbocycles. The van der Waals surface area contributed by atoms with Crippen molar-refractivity contribution in [1.82, 2.24) is 0 Å². The fourth-order valence-corrected chi connectivity index (χ4v) is 2.31. The molecule has 2 aromatic rings. The van der Waals surface area contributed by atoms with Gasteiger partial charge < -0.3 is 10.8 Å². The van der Waals surface area contributed by atoms with Gasteiger partial charge in [0.05, 0.1) is 5.69 Å². The molecule has 19 heavy (non-hydrogen) atoms. The minimum Gasteiger partial charge on any atom is -0.397 e. The van der Waals surface area contributed by atoms with Crippen molar-refractivity contribution in [3.05, 3.63) is 62.6 Å². The molecule has 0 aliphatic rings. The van der Waals surface area contributed by atoms with Crippen LogP contribution < -0.4 is 5.73 Å². The minimum absolute atomic E-state index is 0.0489. The minimum atomic E-state index is -1.44. The zero-order valence-electron chi connectivity index (χ0n) is 9.50. The van der Waals surface area contributed by atoms with Crippen LogP contribution in [0.5, 0.6) is 0 Å². The summed E-state index contributed by atoms with van der Waals surface area (Å²) in [6, 6.07) is 6.08. The van der Waals surface area contributed by atoms with Crippen molar-refractivity contribution in [2.24, 2.45) is 0 Å². The van der Waals surface area contributed by atoms with Crippen LogP contribution in [-0.4, -0.2) is 5.11 Å². The summed E-state index contributed by atoms with van der Waals surface area (Å²) in [5, 5.41) is 10.3. The number of nitrogens with two attached hydrogens (primary N) is 1. The second-order valence-corrected chi connectivity index (χ2v) is 5.19. The smallest absolute Gasteiger partial charge is 0.131 e. The molecule has 0 bridgehead atoms. The zero-order valence-corrected chi connectivity index (χ0v) is 11.8. The van der Waals surface area contributed by atoms with Crippen molar-refractivity contribution < 1.29 is 13.9 Å². The normalized spacial score (nSPS) is 12.5. The summed E-state index contributed by atoms with van der Waals surface area (Å²) < 4.78 is 27.4. The largest absolute Gasteiger partial charge is 0.397 e. The number of rotatable bonds is 2. The Kier molecular flexibility index (Phi) is 4.08. The van der Waals surface area contributed by atoms with Gasteiger partial charge >= 0.3 is 0 Å². The summed E-state index contributed by atoms with van der Waals surface area (Å²) in [5.41, 5.74) is 5.70. The van der Waals surface area contributed by atoms with Crippen LogP contribution in [0.3, 0.4) is 0 Å². The van der Waals surface area contributed by atoms with E-state index in [9.17, 15) is 13.9 Å². The van der Waals surface area contributed by atoms with Gasteiger partial charge in [-0.25, -0.2) is 8.78 Å². The molecule has 100 valence electrons. The Hall–Kier alpha value is -1.17. The van der Waals surface area contributed by atoms with E-state index in [4.69, 9.17) is 17.3 Å². The van der Waals surface area contributed by atoms with E-state index in [0.717, 1.165) is 18.2 Å². The van der Waals surface area contributed by atoms with E-state index in [1.165, 1.54) is 12.1 Å². The van der Waals surface area contributed by atoms with E-state index in [-0.39, 0.29) is 21.8 Å². The Bertz CT molecular complexity index is 636. The molecule has 0 aliphatic carbocycles. The number of aliphatic hydroxyl groups excluding tert-OH is 1. The monoisotopic (exact) mass is 347 g/mol. The maximum Gasteiger partial charge on any atom is 0.131 e. The summed E-state index contributed by atoms with van der Waals surface area (Å²) in [7, 11) is 0. The lowest BCUT2D eigenvalue weighted by Crippen LogP contribution is -2.08. The highest BCUT2D eigenvalue weighted by atomic mass is 79.9. The third-order valence-electron chi connectivity index (χ3n) is 2.71. The molecule has 2 rings (SSSR count). The van der Waals surface area contributed by atoms with Crippen LogP contribution in [0.25, 0.3) is 0 Å². The van der Waals surface area contributed by atoms with Crippen molar-refractivity contribution >= 4 is 33.2 Å². The van der Waals surface area contributed by atoms with Crippen molar-refractivity contribution in [1.29, 1.82) is 0 Å². The number of hydrogen-bond acceptors (Lipinski definition) is 2. The molecule has 3 N–H and O–H groups in total. The lowest BCUT2D eigenvalue weighted by atomic mass is 9.99. The SMILES string of the molecule is Nc1c(Br)ccc(F)c1C(O)c1cc(F)ccc1Cl. The van der Waals surface area contributed by atoms with Gasteiger partial charge in [0, 0.05) is 20.6 Å². The Morgan fingerprint density at radius 1 is 1.21 bits per heavy atom. The number of hydrogen-bond donors (Lipinski definition) is 2. The standard InChI is InChI=1S/C13H9BrClF2NO/c14-8-2-4-10(17)11(12(8)18)13(19)7-5-6(16)1-3-9(7)15/h1-5,13,19H,18H2. The molecule has 1 atom stereocenters. The summed E-state index contributed by atoms with van der Waals surface area (Å²) in [6.07, 6.45) is -1.44. The van der Waals surface area contributed by atoms with Crippen LogP contribution in [0.1, 0.15) is 17.2 Å². The number of halogens is 4. The second kappa shape index (κ2) is 5.45. The topological polar surface area (TPSA) is 46.2 Å². The lowest BCUT2D eigenvalue weighted by molar-refractivity contribution is 0.215. The Balaban J connectivity index is 2.59. The van der Waals surface area contributed by atoms with E-state index in [1.807, 2.05) is 0 Å². The van der Waals surface area contributed by atoms with Gasteiger partial charge in [0.15, 0.2) is 0 Å². The Labute approximate surface area is 121 Å². The summed E-state index contributed by atoms with van der Waals surface area (Å²) >= 11 is 9.03. The first-order valence-electron chi connectivity index (χ1n) is 5.28. The average Bonchev–Trinajstić information content (AvgIpc) is 2.37. The van der Waals surface area contributed by atoms with Crippen LogP contribution in [0, 0.1) is 11.6 Å². The fraction of sp³-hybridized carbons (Fsp3) is 0.0769. The van der Waals surface area contributed by atoms with E-state index < -0.39 is 17.7 Å². The number of anilines is 1. The van der Waals surface area contributed by atoms with Gasteiger partial charge in [-0.3, -0.25) is 0 Å². The fourth-order valence-electron chi connectivity index (χ4n) is 1.74. The highest BCUT2D eigenvalue weighted by molar-refractivity contribution is 9.10. The van der Waals surface area contributed by atoms with Crippen molar-refractivity contribution in [2.45, 2.75) is 6.10 Å². The molecule has 2 nitrogen and oxygen atoms in total. The second-order valence-electron chi connectivity index (χ2n) is 3.92. The molecule has 0 amide bonds.